The minimum atomic E-state index is 0.131. The van der Waals surface area contributed by atoms with Crippen LogP contribution in [0.5, 0.6) is 0 Å². The zero-order valence-electron chi connectivity index (χ0n) is 5.45. The van der Waals surface area contributed by atoms with Crippen molar-refractivity contribution in [3.05, 3.63) is 11.1 Å². The van der Waals surface area contributed by atoms with Gasteiger partial charge in [-0.1, -0.05) is 11.8 Å². The summed E-state index contributed by atoms with van der Waals surface area (Å²) in [7, 11) is 0. The molecule has 0 aromatic heterocycles. The van der Waals surface area contributed by atoms with E-state index in [0.29, 0.717) is 0 Å². The summed E-state index contributed by atoms with van der Waals surface area (Å²) in [4.78, 5) is 6.30. The standard InChI is InChI=1S/C6H8N2OS/c9-3-5-4-10-6-7-1-2-8(5)6/h4,9H,1-3H2. The predicted molar refractivity (Wildman–Crippen MR) is 41.8 cm³/mol. The average Bonchev–Trinajstić information content (AvgIpc) is 2.44. The second kappa shape index (κ2) is 2.29. The molecule has 0 saturated carbocycles. The highest BCUT2D eigenvalue weighted by Gasteiger charge is 2.24. The molecule has 0 fully saturated rings. The number of aliphatic imine (C=N–C) groups is 1. The number of hydrogen-bond acceptors (Lipinski definition) is 4. The summed E-state index contributed by atoms with van der Waals surface area (Å²) in [6.07, 6.45) is 0. The fraction of sp³-hybridized carbons (Fsp3) is 0.500. The van der Waals surface area contributed by atoms with Crippen molar-refractivity contribution < 1.29 is 5.11 Å². The van der Waals surface area contributed by atoms with Gasteiger partial charge in [0.05, 0.1) is 18.8 Å². The molecule has 0 aromatic rings. The van der Waals surface area contributed by atoms with Crippen LogP contribution in [0.3, 0.4) is 0 Å². The molecule has 3 nitrogen and oxygen atoms in total. The summed E-state index contributed by atoms with van der Waals surface area (Å²) in [5.74, 6) is 0. The molecule has 2 aliphatic rings. The summed E-state index contributed by atoms with van der Waals surface area (Å²) < 4.78 is 0. The third-order valence-corrected chi connectivity index (χ3v) is 2.56. The Bertz CT molecular complexity index is 212. The number of rotatable bonds is 1. The van der Waals surface area contributed by atoms with Gasteiger partial charge in [0.25, 0.3) is 0 Å². The van der Waals surface area contributed by atoms with E-state index in [-0.39, 0.29) is 6.61 Å². The van der Waals surface area contributed by atoms with Crippen LogP contribution in [-0.4, -0.2) is 34.9 Å². The molecule has 0 aliphatic carbocycles. The Morgan fingerprint density at radius 1 is 1.80 bits per heavy atom. The number of nitrogens with zero attached hydrogens (tertiary/aromatic N) is 2. The molecule has 10 heavy (non-hydrogen) atoms. The van der Waals surface area contributed by atoms with E-state index in [1.54, 1.807) is 11.8 Å². The lowest BCUT2D eigenvalue weighted by atomic mass is 10.4. The van der Waals surface area contributed by atoms with Gasteiger partial charge in [-0.3, -0.25) is 4.99 Å². The average molecular weight is 156 g/mol. The quantitative estimate of drug-likeness (QED) is 0.590. The fourth-order valence-corrected chi connectivity index (χ4v) is 2.05. The van der Waals surface area contributed by atoms with Crippen molar-refractivity contribution in [3.63, 3.8) is 0 Å². The van der Waals surface area contributed by atoms with Crippen LogP contribution in [0.2, 0.25) is 0 Å². The molecule has 0 spiro atoms. The van der Waals surface area contributed by atoms with Crippen LogP contribution < -0.4 is 0 Å². The molecule has 2 rings (SSSR count). The largest absolute Gasteiger partial charge is 0.390 e. The van der Waals surface area contributed by atoms with Crippen LogP contribution in [0.15, 0.2) is 16.1 Å². The highest BCUT2D eigenvalue weighted by atomic mass is 32.2. The van der Waals surface area contributed by atoms with Crippen LogP contribution in [0.4, 0.5) is 0 Å². The van der Waals surface area contributed by atoms with Crippen LogP contribution in [-0.2, 0) is 0 Å². The Balaban J connectivity index is 2.20. The van der Waals surface area contributed by atoms with E-state index in [1.807, 2.05) is 5.41 Å². The van der Waals surface area contributed by atoms with Crippen molar-refractivity contribution in [2.24, 2.45) is 4.99 Å². The van der Waals surface area contributed by atoms with Gasteiger partial charge in [-0.25, -0.2) is 0 Å². The first kappa shape index (κ1) is 6.24. The van der Waals surface area contributed by atoms with Gasteiger partial charge in [-0.2, -0.15) is 0 Å². The second-order valence-corrected chi connectivity index (χ2v) is 3.04. The van der Waals surface area contributed by atoms with Gasteiger partial charge >= 0.3 is 0 Å². The zero-order chi connectivity index (χ0) is 6.97. The second-order valence-electron chi connectivity index (χ2n) is 2.20. The zero-order valence-corrected chi connectivity index (χ0v) is 6.27. The molecule has 0 saturated heterocycles. The van der Waals surface area contributed by atoms with Crippen LogP contribution >= 0.6 is 11.8 Å². The highest BCUT2D eigenvalue weighted by molar-refractivity contribution is 8.16. The molecule has 2 heterocycles. The van der Waals surface area contributed by atoms with Crippen molar-refractivity contribution in [3.8, 4) is 0 Å². The van der Waals surface area contributed by atoms with E-state index in [1.165, 1.54) is 0 Å². The lowest BCUT2D eigenvalue weighted by Gasteiger charge is -2.13. The minimum absolute atomic E-state index is 0.131. The normalized spacial score (nSPS) is 22.7. The first-order valence-corrected chi connectivity index (χ1v) is 4.08. The van der Waals surface area contributed by atoms with Crippen molar-refractivity contribution in [2.45, 2.75) is 0 Å². The lowest BCUT2D eigenvalue weighted by molar-refractivity contribution is 0.302. The molecule has 4 heteroatoms. The molecular formula is C6H8N2OS. The van der Waals surface area contributed by atoms with Gasteiger partial charge in [0, 0.05) is 12.0 Å². The molecule has 0 unspecified atom stereocenters. The first-order valence-electron chi connectivity index (χ1n) is 3.20. The van der Waals surface area contributed by atoms with E-state index < -0.39 is 0 Å². The number of thioether (sulfide) groups is 1. The molecule has 0 radical (unpaired) electrons. The number of hydrogen-bond donors (Lipinski definition) is 1. The molecule has 2 aliphatic heterocycles. The van der Waals surface area contributed by atoms with Crippen molar-refractivity contribution in [1.29, 1.82) is 0 Å². The van der Waals surface area contributed by atoms with Crippen LogP contribution in [0.25, 0.3) is 0 Å². The third-order valence-electron chi connectivity index (χ3n) is 1.61. The molecule has 0 bridgehead atoms. The van der Waals surface area contributed by atoms with Crippen LogP contribution in [0, 0.1) is 0 Å². The van der Waals surface area contributed by atoms with Gasteiger partial charge in [0.15, 0.2) is 5.17 Å². The molecule has 1 N–H and O–H groups in total. The predicted octanol–water partition coefficient (Wildman–Crippen LogP) is 0.239. The summed E-state index contributed by atoms with van der Waals surface area (Å²) in [5, 5.41) is 11.8. The maximum Gasteiger partial charge on any atom is 0.168 e. The van der Waals surface area contributed by atoms with Gasteiger partial charge in [-0.15, -0.1) is 0 Å². The van der Waals surface area contributed by atoms with Gasteiger partial charge < -0.3 is 10.0 Å². The highest BCUT2D eigenvalue weighted by Crippen LogP contribution is 2.28. The van der Waals surface area contributed by atoms with E-state index in [0.717, 1.165) is 24.0 Å². The van der Waals surface area contributed by atoms with E-state index in [4.69, 9.17) is 5.11 Å². The van der Waals surface area contributed by atoms with E-state index in [9.17, 15) is 0 Å². The van der Waals surface area contributed by atoms with Crippen LogP contribution in [0.1, 0.15) is 0 Å². The summed E-state index contributed by atoms with van der Waals surface area (Å²) in [6, 6.07) is 0. The smallest absolute Gasteiger partial charge is 0.168 e. The maximum absolute atomic E-state index is 8.83. The number of aliphatic hydroxyl groups is 1. The molecular weight excluding hydrogens is 148 g/mol. The fourth-order valence-electron chi connectivity index (χ4n) is 1.10. The lowest BCUT2D eigenvalue weighted by Crippen LogP contribution is -2.22. The Kier molecular flexibility index (Phi) is 1.43. The number of amidine groups is 1. The third kappa shape index (κ3) is 0.759. The Hall–Kier alpha value is -0.480. The Labute approximate surface area is 63.4 Å². The van der Waals surface area contributed by atoms with Gasteiger partial charge in [0.1, 0.15) is 0 Å². The number of fused-ring (bicyclic) bond motifs is 1. The van der Waals surface area contributed by atoms with Gasteiger partial charge in [0.2, 0.25) is 0 Å². The summed E-state index contributed by atoms with van der Waals surface area (Å²) >= 11 is 1.60. The topological polar surface area (TPSA) is 35.8 Å². The Morgan fingerprint density at radius 2 is 2.70 bits per heavy atom. The van der Waals surface area contributed by atoms with Crippen molar-refractivity contribution in [2.75, 3.05) is 19.7 Å². The van der Waals surface area contributed by atoms with E-state index >= 15 is 0 Å². The number of aliphatic hydroxyl groups excluding tert-OH is 1. The molecule has 0 atom stereocenters. The SMILES string of the molecule is OCC1=CSC2=NCCN12. The van der Waals surface area contributed by atoms with Crippen molar-refractivity contribution in [1.82, 2.24) is 4.90 Å². The van der Waals surface area contributed by atoms with Gasteiger partial charge in [-0.05, 0) is 0 Å². The molecule has 54 valence electrons. The maximum atomic E-state index is 8.83. The monoisotopic (exact) mass is 156 g/mol. The molecule has 0 amide bonds. The minimum Gasteiger partial charge on any atom is -0.390 e. The summed E-state index contributed by atoms with van der Waals surface area (Å²) in [5.41, 5.74) is 0.987. The molecule has 0 aromatic carbocycles. The van der Waals surface area contributed by atoms with E-state index in [2.05, 4.69) is 9.89 Å². The first-order chi connectivity index (χ1) is 4.92. The Morgan fingerprint density at radius 3 is 3.50 bits per heavy atom. The summed E-state index contributed by atoms with van der Waals surface area (Å²) in [6.45, 7) is 1.94. The van der Waals surface area contributed by atoms with Crippen molar-refractivity contribution >= 4 is 16.9 Å².